The van der Waals surface area contributed by atoms with Gasteiger partial charge in [0.1, 0.15) is 0 Å². The normalized spacial score (nSPS) is 11.9. The number of hydrogen-bond acceptors (Lipinski definition) is 4. The molecular formula is C18H16N2O3S. The zero-order valence-electron chi connectivity index (χ0n) is 13.1. The van der Waals surface area contributed by atoms with Crippen LogP contribution in [0.15, 0.2) is 70.1 Å². The number of nitrogens with zero attached hydrogens (tertiary/aromatic N) is 1. The second kappa shape index (κ2) is 7.23. The Labute approximate surface area is 142 Å². The predicted octanol–water partition coefficient (Wildman–Crippen LogP) is 3.26. The molecule has 3 rings (SSSR count). The number of carbonyl (C=O) groups is 1. The second-order valence-electron chi connectivity index (χ2n) is 5.26. The molecular weight excluding hydrogens is 324 g/mol. The van der Waals surface area contributed by atoms with Crippen LogP contribution in [0.1, 0.15) is 5.69 Å². The Morgan fingerprint density at radius 2 is 1.92 bits per heavy atom. The standard InChI is InChI=1S/C18H16N2O3S/c1-24(22)16-9-5-8-14(10-16)19-18(21)12-15-11-17(23-20-15)13-6-3-2-4-7-13/h2-11H,12H2,1H3,(H,19,21)/t24-/m1/s1. The van der Waals surface area contributed by atoms with Gasteiger partial charge in [0.25, 0.3) is 0 Å². The number of carbonyl (C=O) groups excluding carboxylic acids is 1. The Bertz CT molecular complexity index is 875. The molecule has 0 radical (unpaired) electrons. The lowest BCUT2D eigenvalue weighted by Crippen LogP contribution is -2.14. The Balaban J connectivity index is 1.66. The molecule has 0 aliphatic rings. The summed E-state index contributed by atoms with van der Waals surface area (Å²) in [5.74, 6) is 0.420. The summed E-state index contributed by atoms with van der Waals surface area (Å²) in [7, 11) is -1.09. The Hall–Kier alpha value is -2.73. The Morgan fingerprint density at radius 1 is 1.12 bits per heavy atom. The molecule has 5 nitrogen and oxygen atoms in total. The molecule has 0 spiro atoms. The summed E-state index contributed by atoms with van der Waals surface area (Å²) in [6, 6.07) is 18.3. The highest BCUT2D eigenvalue weighted by molar-refractivity contribution is 7.84. The lowest BCUT2D eigenvalue weighted by molar-refractivity contribution is -0.115. The van der Waals surface area contributed by atoms with Crippen molar-refractivity contribution in [3.05, 3.63) is 66.4 Å². The maximum Gasteiger partial charge on any atom is 0.230 e. The highest BCUT2D eigenvalue weighted by Crippen LogP contribution is 2.20. The first-order chi connectivity index (χ1) is 11.6. The van der Waals surface area contributed by atoms with Crippen molar-refractivity contribution in [2.45, 2.75) is 11.3 Å². The quantitative estimate of drug-likeness (QED) is 0.774. The van der Waals surface area contributed by atoms with Gasteiger partial charge < -0.3 is 9.84 Å². The third-order valence-electron chi connectivity index (χ3n) is 3.41. The fraction of sp³-hybridized carbons (Fsp3) is 0.111. The van der Waals surface area contributed by atoms with Crippen molar-refractivity contribution in [3.8, 4) is 11.3 Å². The van der Waals surface area contributed by atoms with Gasteiger partial charge in [-0.15, -0.1) is 0 Å². The van der Waals surface area contributed by atoms with E-state index >= 15 is 0 Å². The van der Waals surface area contributed by atoms with Crippen LogP contribution in [0.5, 0.6) is 0 Å². The molecule has 3 aromatic rings. The molecule has 1 amide bonds. The van der Waals surface area contributed by atoms with Gasteiger partial charge in [0.05, 0.1) is 12.1 Å². The van der Waals surface area contributed by atoms with Crippen LogP contribution in [0.25, 0.3) is 11.3 Å². The lowest BCUT2D eigenvalue weighted by Gasteiger charge is -2.05. The third-order valence-corrected chi connectivity index (χ3v) is 4.33. The maximum absolute atomic E-state index is 12.1. The van der Waals surface area contributed by atoms with E-state index in [2.05, 4.69) is 10.5 Å². The van der Waals surface area contributed by atoms with E-state index in [1.165, 1.54) is 0 Å². The van der Waals surface area contributed by atoms with Crippen molar-refractivity contribution < 1.29 is 13.5 Å². The summed E-state index contributed by atoms with van der Waals surface area (Å²) in [5.41, 5.74) is 2.08. The average molecular weight is 340 g/mol. The molecule has 24 heavy (non-hydrogen) atoms. The third kappa shape index (κ3) is 3.97. The molecule has 1 aromatic heterocycles. The average Bonchev–Trinajstić information content (AvgIpc) is 3.04. The topological polar surface area (TPSA) is 72.2 Å². The largest absolute Gasteiger partial charge is 0.356 e. The molecule has 1 heterocycles. The summed E-state index contributed by atoms with van der Waals surface area (Å²) in [6.07, 6.45) is 1.71. The zero-order chi connectivity index (χ0) is 16.9. The van der Waals surface area contributed by atoms with Gasteiger partial charge in [-0.2, -0.15) is 0 Å². The van der Waals surface area contributed by atoms with Crippen molar-refractivity contribution in [3.63, 3.8) is 0 Å². The van der Waals surface area contributed by atoms with Gasteiger partial charge >= 0.3 is 0 Å². The van der Waals surface area contributed by atoms with Crippen LogP contribution in [-0.4, -0.2) is 21.5 Å². The minimum Gasteiger partial charge on any atom is -0.356 e. The molecule has 122 valence electrons. The van der Waals surface area contributed by atoms with E-state index < -0.39 is 10.8 Å². The molecule has 0 bridgehead atoms. The van der Waals surface area contributed by atoms with Crippen LogP contribution in [0.2, 0.25) is 0 Å². The van der Waals surface area contributed by atoms with Gasteiger partial charge in [-0.3, -0.25) is 9.00 Å². The summed E-state index contributed by atoms with van der Waals surface area (Å²) in [4.78, 5) is 12.8. The van der Waals surface area contributed by atoms with E-state index in [9.17, 15) is 9.00 Å². The maximum atomic E-state index is 12.1. The van der Waals surface area contributed by atoms with Gasteiger partial charge in [-0.05, 0) is 18.2 Å². The fourth-order valence-electron chi connectivity index (χ4n) is 2.26. The van der Waals surface area contributed by atoms with Crippen LogP contribution < -0.4 is 5.32 Å². The smallest absolute Gasteiger partial charge is 0.230 e. The van der Waals surface area contributed by atoms with Gasteiger partial charge in [-0.1, -0.05) is 41.6 Å². The first-order valence-corrected chi connectivity index (χ1v) is 8.92. The molecule has 1 atom stereocenters. The molecule has 0 aliphatic carbocycles. The molecule has 2 aromatic carbocycles. The fourth-order valence-corrected chi connectivity index (χ4v) is 2.82. The predicted molar refractivity (Wildman–Crippen MR) is 93.0 cm³/mol. The Morgan fingerprint density at radius 3 is 2.67 bits per heavy atom. The first-order valence-electron chi connectivity index (χ1n) is 7.36. The van der Waals surface area contributed by atoms with E-state index in [1.54, 1.807) is 36.6 Å². The summed E-state index contributed by atoms with van der Waals surface area (Å²) >= 11 is 0. The molecule has 0 saturated heterocycles. The van der Waals surface area contributed by atoms with Gasteiger partial charge in [0.2, 0.25) is 5.91 Å². The summed E-state index contributed by atoms with van der Waals surface area (Å²) < 4.78 is 16.8. The summed E-state index contributed by atoms with van der Waals surface area (Å²) in [5, 5.41) is 6.72. The molecule has 0 aliphatic heterocycles. The van der Waals surface area contributed by atoms with Crippen molar-refractivity contribution in [1.29, 1.82) is 0 Å². The number of aromatic nitrogens is 1. The van der Waals surface area contributed by atoms with Gasteiger partial charge in [0, 0.05) is 39.3 Å². The SMILES string of the molecule is C[S@@](=O)c1cccc(NC(=O)Cc2cc(-c3ccccc3)on2)c1. The molecule has 0 saturated carbocycles. The van der Waals surface area contributed by atoms with Crippen molar-refractivity contribution >= 4 is 22.4 Å². The number of rotatable bonds is 5. The van der Waals surface area contributed by atoms with E-state index in [4.69, 9.17) is 4.52 Å². The van der Waals surface area contributed by atoms with Crippen molar-refractivity contribution in [2.75, 3.05) is 11.6 Å². The van der Waals surface area contributed by atoms with E-state index in [1.807, 2.05) is 30.3 Å². The highest BCUT2D eigenvalue weighted by Gasteiger charge is 2.11. The molecule has 1 N–H and O–H groups in total. The number of amides is 1. The van der Waals surface area contributed by atoms with E-state index in [-0.39, 0.29) is 12.3 Å². The van der Waals surface area contributed by atoms with Crippen LogP contribution in [0.3, 0.4) is 0 Å². The number of anilines is 1. The minimum atomic E-state index is -1.09. The number of benzene rings is 2. The van der Waals surface area contributed by atoms with Gasteiger partial charge in [0.15, 0.2) is 5.76 Å². The number of hydrogen-bond donors (Lipinski definition) is 1. The minimum absolute atomic E-state index is 0.107. The lowest BCUT2D eigenvalue weighted by atomic mass is 10.1. The number of nitrogens with one attached hydrogen (secondary N) is 1. The summed E-state index contributed by atoms with van der Waals surface area (Å²) in [6.45, 7) is 0. The zero-order valence-corrected chi connectivity index (χ0v) is 13.9. The van der Waals surface area contributed by atoms with Crippen LogP contribution in [-0.2, 0) is 22.0 Å². The highest BCUT2D eigenvalue weighted by atomic mass is 32.2. The van der Waals surface area contributed by atoms with E-state index in [0.29, 0.717) is 22.0 Å². The monoisotopic (exact) mass is 340 g/mol. The molecule has 0 fully saturated rings. The first kappa shape index (κ1) is 16.1. The van der Waals surface area contributed by atoms with Crippen LogP contribution in [0, 0.1) is 0 Å². The Kier molecular flexibility index (Phi) is 4.86. The molecule has 6 heteroatoms. The van der Waals surface area contributed by atoms with E-state index in [0.717, 1.165) is 5.56 Å². The van der Waals surface area contributed by atoms with Crippen molar-refractivity contribution in [1.82, 2.24) is 5.16 Å². The van der Waals surface area contributed by atoms with Crippen LogP contribution >= 0.6 is 0 Å². The molecule has 0 unspecified atom stereocenters. The van der Waals surface area contributed by atoms with Crippen LogP contribution in [0.4, 0.5) is 5.69 Å². The van der Waals surface area contributed by atoms with Gasteiger partial charge in [-0.25, -0.2) is 0 Å². The van der Waals surface area contributed by atoms with Crippen molar-refractivity contribution in [2.24, 2.45) is 0 Å². The second-order valence-corrected chi connectivity index (χ2v) is 6.64.